The Hall–Kier alpha value is -0.0800. The van der Waals surface area contributed by atoms with Crippen molar-refractivity contribution in [2.24, 2.45) is 11.7 Å². The molecule has 2 fully saturated rings. The molecule has 2 aliphatic rings. The first-order valence-corrected chi connectivity index (χ1v) is 6.82. The predicted molar refractivity (Wildman–Crippen MR) is 64.8 cm³/mol. The van der Waals surface area contributed by atoms with Crippen LogP contribution in [0.4, 0.5) is 0 Å². The second-order valence-electron chi connectivity index (χ2n) is 5.50. The summed E-state index contributed by atoms with van der Waals surface area (Å²) < 4.78 is 0. The molecule has 1 heterocycles. The largest absolute Gasteiger partial charge is 0.328 e. The second kappa shape index (κ2) is 5.86. The van der Waals surface area contributed by atoms with Crippen LogP contribution in [0.15, 0.2) is 0 Å². The van der Waals surface area contributed by atoms with Gasteiger partial charge in [0.15, 0.2) is 0 Å². The minimum Gasteiger partial charge on any atom is -0.328 e. The molecule has 0 bridgehead atoms. The smallest absolute Gasteiger partial charge is 0.00390 e. The molecule has 1 aliphatic carbocycles. The van der Waals surface area contributed by atoms with Gasteiger partial charge in [0.1, 0.15) is 0 Å². The average molecular weight is 210 g/mol. The molecule has 2 heteroatoms. The van der Waals surface area contributed by atoms with Crippen LogP contribution >= 0.6 is 0 Å². The van der Waals surface area contributed by atoms with E-state index >= 15 is 0 Å². The molecule has 0 radical (unpaired) electrons. The molecule has 0 spiro atoms. The van der Waals surface area contributed by atoms with E-state index in [4.69, 9.17) is 5.73 Å². The van der Waals surface area contributed by atoms with E-state index in [1.807, 2.05) is 0 Å². The zero-order valence-corrected chi connectivity index (χ0v) is 9.96. The molecular weight excluding hydrogens is 184 g/mol. The molecule has 0 unspecified atom stereocenters. The van der Waals surface area contributed by atoms with Gasteiger partial charge in [-0.2, -0.15) is 0 Å². The third-order valence-electron chi connectivity index (χ3n) is 4.11. The number of rotatable bonds is 2. The fourth-order valence-electron chi connectivity index (χ4n) is 3.05. The molecule has 1 saturated carbocycles. The van der Waals surface area contributed by atoms with E-state index in [1.165, 1.54) is 71.0 Å². The Balaban J connectivity index is 1.70. The lowest BCUT2D eigenvalue weighted by atomic mass is 9.86. The minimum atomic E-state index is 0.505. The van der Waals surface area contributed by atoms with Gasteiger partial charge >= 0.3 is 0 Å². The number of likely N-dealkylation sites (tertiary alicyclic amines) is 1. The van der Waals surface area contributed by atoms with Gasteiger partial charge < -0.3 is 10.6 Å². The summed E-state index contributed by atoms with van der Waals surface area (Å²) in [7, 11) is 0. The van der Waals surface area contributed by atoms with E-state index in [2.05, 4.69) is 4.90 Å². The Bertz CT molecular complexity index is 165. The maximum Gasteiger partial charge on any atom is 0.00390 e. The summed E-state index contributed by atoms with van der Waals surface area (Å²) in [5, 5.41) is 0. The van der Waals surface area contributed by atoms with Gasteiger partial charge in [-0.05, 0) is 57.5 Å². The highest BCUT2D eigenvalue weighted by molar-refractivity contribution is 4.77. The summed E-state index contributed by atoms with van der Waals surface area (Å²) in [5.74, 6) is 0.947. The molecule has 2 N–H and O–H groups in total. The molecule has 0 aromatic carbocycles. The quantitative estimate of drug-likeness (QED) is 0.758. The van der Waals surface area contributed by atoms with Gasteiger partial charge in [0.2, 0.25) is 0 Å². The van der Waals surface area contributed by atoms with Gasteiger partial charge in [-0.3, -0.25) is 0 Å². The number of nitrogens with two attached hydrogens (primary N) is 1. The zero-order chi connectivity index (χ0) is 10.5. The molecular formula is C13H26N2. The summed E-state index contributed by atoms with van der Waals surface area (Å²) in [5.41, 5.74) is 5.94. The van der Waals surface area contributed by atoms with E-state index in [9.17, 15) is 0 Å². The van der Waals surface area contributed by atoms with Crippen molar-refractivity contribution in [2.45, 2.75) is 57.4 Å². The lowest BCUT2D eigenvalue weighted by molar-refractivity contribution is 0.199. The van der Waals surface area contributed by atoms with Crippen molar-refractivity contribution in [3.8, 4) is 0 Å². The first-order chi connectivity index (χ1) is 7.34. The first-order valence-electron chi connectivity index (χ1n) is 6.82. The highest BCUT2D eigenvalue weighted by Crippen LogP contribution is 2.24. The molecule has 0 amide bonds. The van der Waals surface area contributed by atoms with Gasteiger partial charge in [-0.25, -0.2) is 0 Å². The Morgan fingerprint density at radius 3 is 2.07 bits per heavy atom. The van der Waals surface area contributed by atoms with E-state index < -0.39 is 0 Å². The van der Waals surface area contributed by atoms with Gasteiger partial charge in [-0.15, -0.1) is 0 Å². The van der Waals surface area contributed by atoms with Crippen LogP contribution in [-0.2, 0) is 0 Å². The lowest BCUT2D eigenvalue weighted by Crippen LogP contribution is -2.35. The molecule has 2 rings (SSSR count). The molecule has 0 aromatic heterocycles. The maximum absolute atomic E-state index is 5.94. The van der Waals surface area contributed by atoms with Crippen LogP contribution in [0, 0.1) is 5.92 Å². The SMILES string of the molecule is N[C@H]1CC[C@H](CN2CCCCCC2)CC1. The van der Waals surface area contributed by atoms with E-state index in [-0.39, 0.29) is 0 Å². The highest BCUT2D eigenvalue weighted by Gasteiger charge is 2.21. The van der Waals surface area contributed by atoms with Crippen LogP contribution in [0.3, 0.4) is 0 Å². The Kier molecular flexibility index (Phi) is 4.45. The summed E-state index contributed by atoms with van der Waals surface area (Å²) in [4.78, 5) is 2.70. The van der Waals surface area contributed by atoms with Crippen molar-refractivity contribution in [3.05, 3.63) is 0 Å². The summed E-state index contributed by atoms with van der Waals surface area (Å²) in [6.45, 7) is 4.05. The third-order valence-corrected chi connectivity index (χ3v) is 4.11. The molecule has 2 nitrogen and oxygen atoms in total. The molecule has 15 heavy (non-hydrogen) atoms. The Morgan fingerprint density at radius 1 is 0.867 bits per heavy atom. The topological polar surface area (TPSA) is 29.3 Å². The molecule has 88 valence electrons. The number of hydrogen-bond acceptors (Lipinski definition) is 2. The van der Waals surface area contributed by atoms with Crippen molar-refractivity contribution in [1.82, 2.24) is 4.90 Å². The van der Waals surface area contributed by atoms with E-state index in [0.29, 0.717) is 6.04 Å². The second-order valence-corrected chi connectivity index (χ2v) is 5.50. The number of nitrogens with zero attached hydrogens (tertiary/aromatic N) is 1. The van der Waals surface area contributed by atoms with Crippen LogP contribution in [-0.4, -0.2) is 30.6 Å². The van der Waals surface area contributed by atoms with Crippen molar-refractivity contribution >= 4 is 0 Å². The fraction of sp³-hybridized carbons (Fsp3) is 1.00. The van der Waals surface area contributed by atoms with Gasteiger partial charge in [0, 0.05) is 12.6 Å². The molecule has 0 aromatic rings. The third kappa shape index (κ3) is 3.76. The minimum absolute atomic E-state index is 0.505. The van der Waals surface area contributed by atoms with Gasteiger partial charge in [-0.1, -0.05) is 12.8 Å². The van der Waals surface area contributed by atoms with Crippen molar-refractivity contribution < 1.29 is 0 Å². The van der Waals surface area contributed by atoms with E-state index in [0.717, 1.165) is 5.92 Å². The molecule has 1 aliphatic heterocycles. The van der Waals surface area contributed by atoms with Gasteiger partial charge in [0.05, 0.1) is 0 Å². The predicted octanol–water partition coefficient (Wildman–Crippen LogP) is 2.38. The van der Waals surface area contributed by atoms with Crippen LogP contribution in [0.1, 0.15) is 51.4 Å². The van der Waals surface area contributed by atoms with Crippen molar-refractivity contribution in [1.29, 1.82) is 0 Å². The normalized spacial score (nSPS) is 35.0. The van der Waals surface area contributed by atoms with Crippen LogP contribution < -0.4 is 5.73 Å². The lowest BCUT2D eigenvalue weighted by Gasteiger charge is -2.31. The summed E-state index contributed by atoms with van der Waals surface area (Å²) in [6, 6.07) is 0.505. The maximum atomic E-state index is 5.94. The van der Waals surface area contributed by atoms with Crippen LogP contribution in [0.25, 0.3) is 0 Å². The summed E-state index contributed by atoms with van der Waals surface area (Å²) in [6.07, 6.45) is 11.0. The molecule has 0 atom stereocenters. The monoisotopic (exact) mass is 210 g/mol. The Labute approximate surface area is 94.2 Å². The molecule has 1 saturated heterocycles. The fourth-order valence-corrected chi connectivity index (χ4v) is 3.05. The standard InChI is InChI=1S/C13H26N2/c14-13-7-5-12(6-8-13)11-15-9-3-1-2-4-10-15/h12-13H,1-11,14H2/t12-,13-. The van der Waals surface area contributed by atoms with Crippen molar-refractivity contribution in [2.75, 3.05) is 19.6 Å². The van der Waals surface area contributed by atoms with Crippen LogP contribution in [0.5, 0.6) is 0 Å². The van der Waals surface area contributed by atoms with Crippen LogP contribution in [0.2, 0.25) is 0 Å². The van der Waals surface area contributed by atoms with Gasteiger partial charge in [0.25, 0.3) is 0 Å². The highest BCUT2D eigenvalue weighted by atomic mass is 15.1. The van der Waals surface area contributed by atoms with Crippen molar-refractivity contribution in [3.63, 3.8) is 0 Å². The number of hydrogen-bond donors (Lipinski definition) is 1. The zero-order valence-electron chi connectivity index (χ0n) is 9.96. The summed E-state index contributed by atoms with van der Waals surface area (Å²) >= 11 is 0. The van der Waals surface area contributed by atoms with E-state index in [1.54, 1.807) is 0 Å². The first kappa shape index (κ1) is 11.4. The average Bonchev–Trinajstić information content (AvgIpc) is 2.50. The Morgan fingerprint density at radius 2 is 1.47 bits per heavy atom.